The molecular formula is C8H13NO3. The van der Waals surface area contributed by atoms with Crippen molar-refractivity contribution in [1.82, 2.24) is 5.32 Å². The van der Waals surface area contributed by atoms with Gasteiger partial charge < -0.3 is 10.1 Å². The van der Waals surface area contributed by atoms with Gasteiger partial charge in [-0.15, -0.1) is 0 Å². The van der Waals surface area contributed by atoms with Gasteiger partial charge in [-0.25, -0.2) is 0 Å². The van der Waals surface area contributed by atoms with Crippen LogP contribution in [-0.4, -0.2) is 25.5 Å². The Morgan fingerprint density at radius 3 is 2.75 bits per heavy atom. The minimum atomic E-state index is -0.908. The molecule has 1 fully saturated rings. The highest BCUT2D eigenvalue weighted by molar-refractivity contribution is 6.04. The lowest BCUT2D eigenvalue weighted by Gasteiger charge is -2.20. The summed E-state index contributed by atoms with van der Waals surface area (Å²) < 4.78 is 4.60. The molecule has 0 radical (unpaired) electrons. The van der Waals surface area contributed by atoms with Crippen LogP contribution in [0.15, 0.2) is 0 Å². The fourth-order valence-electron chi connectivity index (χ4n) is 1.54. The molecule has 0 unspecified atom stereocenters. The number of methoxy groups -OCH3 is 1. The lowest BCUT2D eigenvalue weighted by Crippen LogP contribution is -2.39. The normalized spacial score (nSPS) is 28.3. The van der Waals surface area contributed by atoms with Crippen molar-refractivity contribution >= 4 is 11.9 Å². The fraction of sp³-hybridized carbons (Fsp3) is 0.750. The zero-order valence-electron chi connectivity index (χ0n) is 7.35. The zero-order valence-corrected chi connectivity index (χ0v) is 7.35. The monoisotopic (exact) mass is 171 g/mol. The van der Waals surface area contributed by atoms with Crippen LogP contribution in [0.2, 0.25) is 0 Å². The van der Waals surface area contributed by atoms with Crippen molar-refractivity contribution in [1.29, 1.82) is 0 Å². The average molecular weight is 171 g/mol. The molecule has 0 aliphatic carbocycles. The molecular weight excluding hydrogens is 158 g/mol. The maximum atomic E-state index is 11.3. The first-order chi connectivity index (χ1) is 5.67. The number of hydrogen-bond donors (Lipinski definition) is 1. The van der Waals surface area contributed by atoms with E-state index in [2.05, 4.69) is 10.1 Å². The molecule has 12 heavy (non-hydrogen) atoms. The van der Waals surface area contributed by atoms with Crippen LogP contribution in [0.3, 0.4) is 0 Å². The molecule has 4 heteroatoms. The van der Waals surface area contributed by atoms with Crippen LogP contribution in [-0.2, 0) is 14.3 Å². The molecule has 0 spiro atoms. The summed E-state index contributed by atoms with van der Waals surface area (Å²) in [6, 6.07) is 0. The van der Waals surface area contributed by atoms with Crippen molar-refractivity contribution in [2.75, 3.05) is 13.7 Å². The number of esters is 1. The van der Waals surface area contributed by atoms with Gasteiger partial charge in [-0.3, -0.25) is 9.59 Å². The first-order valence-corrected chi connectivity index (χ1v) is 4.04. The quantitative estimate of drug-likeness (QED) is 0.472. The van der Waals surface area contributed by atoms with Crippen LogP contribution >= 0.6 is 0 Å². The number of nitrogens with one attached hydrogen (secondary N) is 1. The maximum Gasteiger partial charge on any atom is 0.321 e. The van der Waals surface area contributed by atoms with Gasteiger partial charge in [0.1, 0.15) is 5.41 Å². The van der Waals surface area contributed by atoms with Crippen molar-refractivity contribution in [3.05, 3.63) is 0 Å². The zero-order chi connectivity index (χ0) is 9.19. The Labute approximate surface area is 71.3 Å². The Morgan fingerprint density at radius 1 is 1.75 bits per heavy atom. The summed E-state index contributed by atoms with van der Waals surface area (Å²) >= 11 is 0. The van der Waals surface area contributed by atoms with Crippen molar-refractivity contribution in [3.63, 3.8) is 0 Å². The summed E-state index contributed by atoms with van der Waals surface area (Å²) in [5.41, 5.74) is -0.908. The van der Waals surface area contributed by atoms with Crippen LogP contribution in [0, 0.1) is 5.41 Å². The molecule has 1 N–H and O–H groups in total. The first kappa shape index (κ1) is 9.03. The summed E-state index contributed by atoms with van der Waals surface area (Å²) in [6.45, 7) is 2.39. The molecule has 1 amide bonds. The van der Waals surface area contributed by atoms with E-state index in [-0.39, 0.29) is 5.91 Å². The Kier molecular flexibility index (Phi) is 2.35. The van der Waals surface area contributed by atoms with Gasteiger partial charge >= 0.3 is 5.97 Å². The Balaban J connectivity index is 2.88. The number of amides is 1. The van der Waals surface area contributed by atoms with Gasteiger partial charge in [-0.05, 0) is 12.8 Å². The average Bonchev–Trinajstić information content (AvgIpc) is 2.46. The highest BCUT2D eigenvalue weighted by Crippen LogP contribution is 2.31. The molecule has 1 aliphatic rings. The van der Waals surface area contributed by atoms with E-state index in [4.69, 9.17) is 0 Å². The molecule has 1 aliphatic heterocycles. The molecule has 0 aromatic carbocycles. The summed E-state index contributed by atoms with van der Waals surface area (Å²) in [5.74, 6) is -0.614. The third kappa shape index (κ3) is 1.07. The van der Waals surface area contributed by atoms with Gasteiger partial charge in [0.25, 0.3) is 0 Å². The van der Waals surface area contributed by atoms with Gasteiger partial charge in [0, 0.05) is 6.54 Å². The second-order valence-electron chi connectivity index (χ2n) is 2.93. The molecule has 0 aromatic rings. The van der Waals surface area contributed by atoms with E-state index < -0.39 is 11.4 Å². The highest BCUT2D eigenvalue weighted by atomic mass is 16.5. The van der Waals surface area contributed by atoms with Crippen molar-refractivity contribution < 1.29 is 14.3 Å². The largest absolute Gasteiger partial charge is 0.468 e. The standard InChI is InChI=1S/C8H13NO3/c1-3-8(7(11)12-2)4-5-9-6(8)10/h3-5H2,1-2H3,(H,9,10)/t8-/m0/s1. The molecule has 4 nitrogen and oxygen atoms in total. The lowest BCUT2D eigenvalue weighted by atomic mass is 9.84. The fourth-order valence-corrected chi connectivity index (χ4v) is 1.54. The van der Waals surface area contributed by atoms with Crippen molar-refractivity contribution in [2.24, 2.45) is 5.41 Å². The van der Waals surface area contributed by atoms with Crippen molar-refractivity contribution in [2.45, 2.75) is 19.8 Å². The van der Waals surface area contributed by atoms with E-state index in [0.717, 1.165) is 0 Å². The third-order valence-electron chi connectivity index (χ3n) is 2.45. The third-order valence-corrected chi connectivity index (χ3v) is 2.45. The summed E-state index contributed by atoms with van der Waals surface area (Å²) in [7, 11) is 1.31. The smallest absolute Gasteiger partial charge is 0.321 e. The molecule has 1 atom stereocenters. The second-order valence-corrected chi connectivity index (χ2v) is 2.93. The van der Waals surface area contributed by atoms with Crippen LogP contribution < -0.4 is 5.32 Å². The number of carbonyl (C=O) groups is 2. The summed E-state index contributed by atoms with van der Waals surface area (Å²) in [4.78, 5) is 22.6. The van der Waals surface area contributed by atoms with Gasteiger partial charge in [0.05, 0.1) is 7.11 Å². The maximum absolute atomic E-state index is 11.3. The van der Waals surface area contributed by atoms with E-state index in [9.17, 15) is 9.59 Å². The topological polar surface area (TPSA) is 55.4 Å². The number of rotatable bonds is 2. The van der Waals surface area contributed by atoms with Gasteiger partial charge in [-0.1, -0.05) is 6.92 Å². The first-order valence-electron chi connectivity index (χ1n) is 4.04. The molecule has 0 bridgehead atoms. The van der Waals surface area contributed by atoms with E-state index >= 15 is 0 Å². The molecule has 1 heterocycles. The number of ether oxygens (including phenoxy) is 1. The number of carbonyl (C=O) groups excluding carboxylic acids is 2. The van der Waals surface area contributed by atoms with Gasteiger partial charge in [-0.2, -0.15) is 0 Å². The van der Waals surface area contributed by atoms with Crippen molar-refractivity contribution in [3.8, 4) is 0 Å². The molecule has 1 rings (SSSR count). The van der Waals surface area contributed by atoms with E-state index in [0.29, 0.717) is 19.4 Å². The molecule has 0 aromatic heterocycles. The highest BCUT2D eigenvalue weighted by Gasteiger charge is 2.48. The van der Waals surface area contributed by atoms with Crippen LogP contribution in [0.5, 0.6) is 0 Å². The second kappa shape index (κ2) is 3.13. The van der Waals surface area contributed by atoms with E-state index in [1.807, 2.05) is 6.92 Å². The minimum Gasteiger partial charge on any atom is -0.468 e. The minimum absolute atomic E-state index is 0.197. The summed E-state index contributed by atoms with van der Waals surface area (Å²) in [5, 5.41) is 2.64. The SMILES string of the molecule is CC[C@]1(C(=O)OC)CCNC1=O. The Morgan fingerprint density at radius 2 is 2.42 bits per heavy atom. The molecule has 68 valence electrons. The van der Waals surface area contributed by atoms with E-state index in [1.54, 1.807) is 0 Å². The summed E-state index contributed by atoms with van der Waals surface area (Å²) in [6.07, 6.45) is 1.06. The number of hydrogen-bond acceptors (Lipinski definition) is 3. The van der Waals surface area contributed by atoms with Crippen LogP contribution in [0.25, 0.3) is 0 Å². The molecule has 1 saturated heterocycles. The predicted molar refractivity (Wildman–Crippen MR) is 42.4 cm³/mol. The van der Waals surface area contributed by atoms with Gasteiger partial charge in [0.15, 0.2) is 0 Å². The van der Waals surface area contributed by atoms with Crippen LogP contribution in [0.4, 0.5) is 0 Å². The Bertz CT molecular complexity index is 214. The van der Waals surface area contributed by atoms with Gasteiger partial charge in [0.2, 0.25) is 5.91 Å². The Hall–Kier alpha value is -1.06. The lowest BCUT2D eigenvalue weighted by molar-refractivity contribution is -0.157. The molecule has 0 saturated carbocycles. The predicted octanol–water partition coefficient (Wildman–Crippen LogP) is 0.0757. The van der Waals surface area contributed by atoms with E-state index in [1.165, 1.54) is 7.11 Å². The van der Waals surface area contributed by atoms with Crippen LogP contribution in [0.1, 0.15) is 19.8 Å².